The molecule has 6 heteroatoms. The van der Waals surface area contributed by atoms with E-state index >= 15 is 0 Å². The van der Waals surface area contributed by atoms with Gasteiger partial charge in [0.1, 0.15) is 0 Å². The van der Waals surface area contributed by atoms with E-state index in [0.717, 1.165) is 31.2 Å². The third-order valence-corrected chi connectivity index (χ3v) is 4.25. The molecule has 0 fully saturated rings. The van der Waals surface area contributed by atoms with Crippen molar-refractivity contribution in [1.29, 1.82) is 0 Å². The first-order valence-corrected chi connectivity index (χ1v) is 9.41. The molecule has 0 amide bonds. The highest BCUT2D eigenvalue weighted by atomic mass is 127. The van der Waals surface area contributed by atoms with Crippen molar-refractivity contribution < 1.29 is 0 Å². The first-order chi connectivity index (χ1) is 13.2. The summed E-state index contributed by atoms with van der Waals surface area (Å²) in [6, 6.07) is 18.6. The number of hydrogen-bond acceptors (Lipinski definition) is 2. The lowest BCUT2D eigenvalue weighted by molar-refractivity contribution is 0.799. The number of guanidine groups is 1. The van der Waals surface area contributed by atoms with Crippen LogP contribution in [0.1, 0.15) is 23.6 Å². The van der Waals surface area contributed by atoms with Crippen LogP contribution in [0.4, 0.5) is 0 Å². The van der Waals surface area contributed by atoms with Crippen molar-refractivity contribution in [2.45, 2.75) is 26.8 Å². The second-order valence-electron chi connectivity index (χ2n) is 6.49. The van der Waals surface area contributed by atoms with E-state index in [-0.39, 0.29) is 24.0 Å². The maximum absolute atomic E-state index is 4.67. The van der Waals surface area contributed by atoms with Crippen molar-refractivity contribution in [3.63, 3.8) is 0 Å². The van der Waals surface area contributed by atoms with Crippen molar-refractivity contribution in [2.75, 3.05) is 13.1 Å². The topological polar surface area (TPSA) is 54.2 Å². The van der Waals surface area contributed by atoms with Crippen molar-refractivity contribution >= 4 is 29.9 Å². The number of nitrogens with one attached hydrogen (secondary N) is 2. The number of benzene rings is 2. The molecule has 0 aliphatic rings. The molecule has 0 saturated heterocycles. The van der Waals surface area contributed by atoms with Gasteiger partial charge >= 0.3 is 0 Å². The fourth-order valence-electron chi connectivity index (χ4n) is 2.74. The largest absolute Gasteiger partial charge is 0.357 e. The minimum atomic E-state index is 0. The Morgan fingerprint density at radius 3 is 2.46 bits per heavy atom. The van der Waals surface area contributed by atoms with E-state index in [4.69, 9.17) is 0 Å². The summed E-state index contributed by atoms with van der Waals surface area (Å²) in [6.07, 6.45) is 4.89. The zero-order chi connectivity index (χ0) is 18.9. The molecular formula is C22H28IN5. The van der Waals surface area contributed by atoms with Gasteiger partial charge in [-0.3, -0.25) is 0 Å². The molecule has 0 saturated carbocycles. The number of aliphatic imine (C=N–C) groups is 1. The number of nitrogens with zero attached hydrogens (tertiary/aromatic N) is 3. The van der Waals surface area contributed by atoms with Crippen LogP contribution < -0.4 is 10.6 Å². The maximum atomic E-state index is 4.67. The summed E-state index contributed by atoms with van der Waals surface area (Å²) in [4.78, 5) is 4.67. The van der Waals surface area contributed by atoms with Crippen LogP contribution >= 0.6 is 24.0 Å². The first-order valence-electron chi connectivity index (χ1n) is 9.41. The molecule has 0 aliphatic carbocycles. The highest BCUT2D eigenvalue weighted by molar-refractivity contribution is 14.0. The van der Waals surface area contributed by atoms with Gasteiger partial charge in [0, 0.05) is 19.3 Å². The van der Waals surface area contributed by atoms with Crippen LogP contribution in [0, 0.1) is 6.92 Å². The van der Waals surface area contributed by atoms with Gasteiger partial charge in [-0.25, -0.2) is 9.67 Å². The first kappa shape index (κ1) is 21.9. The molecular weight excluding hydrogens is 461 g/mol. The second-order valence-corrected chi connectivity index (χ2v) is 6.49. The van der Waals surface area contributed by atoms with Gasteiger partial charge in [0.2, 0.25) is 0 Å². The van der Waals surface area contributed by atoms with Gasteiger partial charge in [-0.05, 0) is 43.5 Å². The van der Waals surface area contributed by atoms with Gasteiger partial charge in [0.25, 0.3) is 0 Å². The molecule has 1 aromatic heterocycles. The van der Waals surface area contributed by atoms with Crippen molar-refractivity contribution in [3.8, 4) is 5.69 Å². The quantitative estimate of drug-likeness (QED) is 0.299. The molecule has 0 bridgehead atoms. The SMILES string of the molecule is CCNC(=NCc1ccc(C)cc1)NCCc1cnn(-c2ccccc2)c1.I. The molecule has 0 unspecified atom stereocenters. The average molecular weight is 489 g/mol. The second kappa shape index (κ2) is 11.5. The predicted octanol–water partition coefficient (Wildman–Crippen LogP) is 4.10. The minimum Gasteiger partial charge on any atom is -0.357 e. The van der Waals surface area contributed by atoms with Gasteiger partial charge in [0.15, 0.2) is 5.96 Å². The molecule has 0 atom stereocenters. The van der Waals surface area contributed by atoms with Crippen molar-refractivity contribution in [3.05, 3.63) is 83.7 Å². The van der Waals surface area contributed by atoms with E-state index in [1.165, 1.54) is 16.7 Å². The van der Waals surface area contributed by atoms with Gasteiger partial charge in [0.05, 0.1) is 18.4 Å². The molecule has 3 aromatic rings. The number of aromatic nitrogens is 2. The van der Waals surface area contributed by atoms with Crippen LogP contribution in [0.3, 0.4) is 0 Å². The molecule has 0 spiro atoms. The van der Waals surface area contributed by atoms with Crippen molar-refractivity contribution in [2.24, 2.45) is 4.99 Å². The Labute approximate surface area is 184 Å². The van der Waals surface area contributed by atoms with E-state index in [1.54, 1.807) is 0 Å². The fourth-order valence-corrected chi connectivity index (χ4v) is 2.74. The highest BCUT2D eigenvalue weighted by Gasteiger charge is 2.02. The summed E-state index contributed by atoms with van der Waals surface area (Å²) in [5, 5.41) is 11.1. The fraction of sp³-hybridized carbons (Fsp3) is 0.273. The number of halogens is 1. The van der Waals surface area contributed by atoms with Crippen LogP contribution in [-0.2, 0) is 13.0 Å². The smallest absolute Gasteiger partial charge is 0.191 e. The van der Waals surface area contributed by atoms with E-state index in [9.17, 15) is 0 Å². The zero-order valence-corrected chi connectivity index (χ0v) is 18.8. The highest BCUT2D eigenvalue weighted by Crippen LogP contribution is 2.08. The van der Waals surface area contributed by atoms with Crippen LogP contribution in [0.2, 0.25) is 0 Å². The molecule has 1 heterocycles. The molecule has 3 rings (SSSR count). The molecule has 0 radical (unpaired) electrons. The molecule has 148 valence electrons. The molecule has 2 N–H and O–H groups in total. The number of aryl methyl sites for hydroxylation is 1. The number of rotatable bonds is 7. The Morgan fingerprint density at radius 2 is 1.75 bits per heavy atom. The lowest BCUT2D eigenvalue weighted by Crippen LogP contribution is -2.38. The summed E-state index contributed by atoms with van der Waals surface area (Å²) < 4.78 is 1.91. The van der Waals surface area contributed by atoms with Crippen LogP contribution in [0.25, 0.3) is 5.69 Å². The summed E-state index contributed by atoms with van der Waals surface area (Å²) in [5.41, 5.74) is 4.75. The van der Waals surface area contributed by atoms with Gasteiger partial charge < -0.3 is 10.6 Å². The van der Waals surface area contributed by atoms with Gasteiger partial charge in [-0.2, -0.15) is 5.10 Å². The number of para-hydroxylation sites is 1. The Morgan fingerprint density at radius 1 is 1.00 bits per heavy atom. The molecule has 2 aromatic carbocycles. The molecule has 5 nitrogen and oxygen atoms in total. The predicted molar refractivity (Wildman–Crippen MR) is 127 cm³/mol. The van der Waals surface area contributed by atoms with Gasteiger partial charge in [-0.15, -0.1) is 24.0 Å². The summed E-state index contributed by atoms with van der Waals surface area (Å²) in [5.74, 6) is 0.841. The normalized spacial score (nSPS) is 11.0. The summed E-state index contributed by atoms with van der Waals surface area (Å²) in [6.45, 7) is 6.49. The van der Waals surface area contributed by atoms with Crippen LogP contribution in [0.15, 0.2) is 72.0 Å². The van der Waals surface area contributed by atoms with E-state index in [0.29, 0.717) is 6.54 Å². The Hall–Kier alpha value is -2.35. The van der Waals surface area contributed by atoms with Gasteiger partial charge in [-0.1, -0.05) is 48.0 Å². The molecule has 0 aliphatic heterocycles. The zero-order valence-electron chi connectivity index (χ0n) is 16.4. The third kappa shape index (κ3) is 6.67. The van der Waals surface area contributed by atoms with E-state index < -0.39 is 0 Å². The average Bonchev–Trinajstić information content (AvgIpc) is 3.17. The Kier molecular flexibility index (Phi) is 9.00. The molecule has 28 heavy (non-hydrogen) atoms. The Bertz CT molecular complexity index is 856. The minimum absolute atomic E-state index is 0. The van der Waals surface area contributed by atoms with Crippen LogP contribution in [0.5, 0.6) is 0 Å². The lowest BCUT2D eigenvalue weighted by atomic mass is 10.1. The maximum Gasteiger partial charge on any atom is 0.191 e. The lowest BCUT2D eigenvalue weighted by Gasteiger charge is -2.11. The number of hydrogen-bond donors (Lipinski definition) is 2. The van der Waals surface area contributed by atoms with Crippen molar-refractivity contribution in [1.82, 2.24) is 20.4 Å². The standard InChI is InChI=1S/C22H27N5.HI/c1-3-23-22(25-15-19-11-9-18(2)10-12-19)24-14-13-20-16-26-27(17-20)21-7-5-4-6-8-21;/h4-12,16-17H,3,13-15H2,1-2H3,(H2,23,24,25);1H. The summed E-state index contributed by atoms with van der Waals surface area (Å²) in [7, 11) is 0. The van der Waals surface area contributed by atoms with E-state index in [1.807, 2.05) is 29.1 Å². The van der Waals surface area contributed by atoms with E-state index in [2.05, 4.69) is 77.2 Å². The monoisotopic (exact) mass is 489 g/mol. The summed E-state index contributed by atoms with van der Waals surface area (Å²) >= 11 is 0. The third-order valence-electron chi connectivity index (χ3n) is 4.25. The van der Waals surface area contributed by atoms with Crippen LogP contribution in [-0.4, -0.2) is 28.8 Å². The Balaban J connectivity index is 0.00000280.